The quantitative estimate of drug-likeness (QED) is 0.150. The standard InChI is InChI=1S/C44H26N6S.Pt/c1-45-33-25-32(44-47-29-48-50(44)43-36(30-13-4-2-5-14-30)18-12-19-37(43)31-15-6-3-7-16-31)26-35(27-33)51-34-22-23-39-38-17-8-9-20-40(38)49(41(39)28-34)42-21-10-11-24-46-42;/h2-25,27,29H;/q-2;+2. The summed E-state index contributed by atoms with van der Waals surface area (Å²) in [4.78, 5) is 14.9. The normalized spacial score (nSPS) is 11.0. The first-order valence-corrected chi connectivity index (χ1v) is 17.2. The molecule has 0 fully saturated rings. The van der Waals surface area contributed by atoms with E-state index in [1.807, 2.05) is 77.5 Å². The van der Waals surface area contributed by atoms with E-state index in [-0.39, 0.29) is 21.1 Å². The van der Waals surface area contributed by atoms with E-state index in [0.29, 0.717) is 17.1 Å². The number of rotatable bonds is 7. The first kappa shape index (κ1) is 33.1. The van der Waals surface area contributed by atoms with Gasteiger partial charge in [0.2, 0.25) is 0 Å². The Kier molecular flexibility index (Phi) is 9.09. The van der Waals surface area contributed by atoms with Gasteiger partial charge >= 0.3 is 21.1 Å². The molecule has 0 spiro atoms. The Morgan fingerprint density at radius 1 is 0.635 bits per heavy atom. The first-order valence-electron chi connectivity index (χ1n) is 16.4. The fourth-order valence-corrected chi connectivity index (χ4v) is 7.47. The van der Waals surface area contributed by atoms with Crippen molar-refractivity contribution in [3.63, 3.8) is 0 Å². The molecule has 6 aromatic carbocycles. The summed E-state index contributed by atoms with van der Waals surface area (Å²) in [5, 5.41) is 7.02. The topological polar surface area (TPSA) is 52.9 Å². The van der Waals surface area contributed by atoms with Crippen LogP contribution in [-0.4, -0.2) is 24.3 Å². The van der Waals surface area contributed by atoms with E-state index in [9.17, 15) is 0 Å². The molecule has 8 heteroatoms. The number of para-hydroxylation sites is 2. The Labute approximate surface area is 319 Å². The molecular formula is C44H26N6PtS. The zero-order valence-corrected chi connectivity index (χ0v) is 30.5. The summed E-state index contributed by atoms with van der Waals surface area (Å²) < 4.78 is 4.03. The van der Waals surface area contributed by atoms with E-state index < -0.39 is 0 Å². The van der Waals surface area contributed by atoms with Gasteiger partial charge in [-0.25, -0.2) is 4.98 Å². The number of pyridine rings is 1. The van der Waals surface area contributed by atoms with Crippen LogP contribution in [0, 0.1) is 18.7 Å². The smallest absolute Gasteiger partial charge is 0.319 e. The van der Waals surface area contributed by atoms with Crippen molar-refractivity contribution >= 4 is 39.3 Å². The van der Waals surface area contributed by atoms with Crippen LogP contribution in [0.4, 0.5) is 5.69 Å². The second-order valence-electron chi connectivity index (χ2n) is 11.9. The molecule has 0 amide bonds. The maximum Gasteiger partial charge on any atom is 2.00 e. The van der Waals surface area contributed by atoms with Crippen molar-refractivity contribution in [1.29, 1.82) is 0 Å². The SMILES string of the molecule is [C-]#[N+]c1cc(Sc2[c-]c3c(cc2)c2ccccc2n3-c2ccccn2)[c-]c(-c2ncnn2-c2c(-c3ccccc3)cccc2-c2ccccc2)c1.[Pt+2]. The summed E-state index contributed by atoms with van der Waals surface area (Å²) >= 11 is 1.51. The summed E-state index contributed by atoms with van der Waals surface area (Å²) in [6, 6.07) is 56.3. The van der Waals surface area contributed by atoms with Crippen molar-refractivity contribution in [2.24, 2.45) is 0 Å². The molecule has 0 saturated carbocycles. The van der Waals surface area contributed by atoms with Gasteiger partial charge in [0, 0.05) is 22.8 Å². The van der Waals surface area contributed by atoms with Crippen LogP contribution in [0.5, 0.6) is 0 Å². The van der Waals surface area contributed by atoms with Crippen molar-refractivity contribution in [2.75, 3.05) is 0 Å². The van der Waals surface area contributed by atoms with Gasteiger partial charge in [0.05, 0.1) is 18.1 Å². The van der Waals surface area contributed by atoms with Gasteiger partial charge in [-0.3, -0.25) is 14.5 Å². The predicted octanol–water partition coefficient (Wildman–Crippen LogP) is 11.1. The summed E-state index contributed by atoms with van der Waals surface area (Å²) in [6.45, 7) is 7.99. The number of benzene rings is 6. The van der Waals surface area contributed by atoms with Gasteiger partial charge in [-0.05, 0) is 34.7 Å². The van der Waals surface area contributed by atoms with E-state index in [1.165, 1.54) is 11.8 Å². The van der Waals surface area contributed by atoms with Crippen molar-refractivity contribution in [3.05, 3.63) is 182 Å². The Balaban J connectivity index is 0.00000387. The molecule has 52 heavy (non-hydrogen) atoms. The van der Waals surface area contributed by atoms with Crippen LogP contribution in [0.3, 0.4) is 0 Å². The van der Waals surface area contributed by atoms with Crippen LogP contribution in [0.25, 0.3) is 71.8 Å². The van der Waals surface area contributed by atoms with Crippen LogP contribution in [0.15, 0.2) is 168 Å². The second-order valence-corrected chi connectivity index (χ2v) is 13.0. The summed E-state index contributed by atoms with van der Waals surface area (Å²) in [6.07, 6.45) is 3.37. The van der Waals surface area contributed by atoms with Crippen LogP contribution in [-0.2, 0) is 21.1 Å². The predicted molar refractivity (Wildman–Crippen MR) is 204 cm³/mol. The van der Waals surface area contributed by atoms with Gasteiger partial charge in [-0.15, -0.1) is 51.9 Å². The van der Waals surface area contributed by atoms with Crippen LogP contribution >= 0.6 is 11.8 Å². The minimum absolute atomic E-state index is 0. The van der Waals surface area contributed by atoms with E-state index >= 15 is 0 Å². The second kappa shape index (κ2) is 14.3. The van der Waals surface area contributed by atoms with Crippen LogP contribution in [0.2, 0.25) is 0 Å². The molecule has 0 aliphatic heterocycles. The van der Waals surface area contributed by atoms with Crippen LogP contribution < -0.4 is 0 Å². The molecule has 0 N–H and O–H groups in total. The summed E-state index contributed by atoms with van der Waals surface area (Å²) in [7, 11) is 0. The van der Waals surface area contributed by atoms with E-state index in [4.69, 9.17) is 16.7 Å². The average molecular weight is 866 g/mol. The third kappa shape index (κ3) is 6.03. The monoisotopic (exact) mass is 865 g/mol. The van der Waals surface area contributed by atoms with Gasteiger partial charge in [0.1, 0.15) is 17.8 Å². The summed E-state index contributed by atoms with van der Waals surface area (Å²) in [5.41, 5.74) is 8.24. The van der Waals surface area contributed by atoms with Gasteiger partial charge in [-0.2, -0.15) is 17.2 Å². The minimum Gasteiger partial charge on any atom is -0.319 e. The molecule has 248 valence electrons. The zero-order valence-electron chi connectivity index (χ0n) is 27.4. The molecule has 9 aromatic rings. The van der Waals surface area contributed by atoms with E-state index in [2.05, 4.69) is 99.3 Å². The van der Waals surface area contributed by atoms with Crippen molar-refractivity contribution < 1.29 is 21.1 Å². The molecule has 9 rings (SSSR count). The van der Waals surface area contributed by atoms with Gasteiger partial charge in [0.15, 0.2) is 0 Å². The van der Waals surface area contributed by atoms with Gasteiger partial charge in [-0.1, -0.05) is 114 Å². The number of aromatic nitrogens is 5. The first-order chi connectivity index (χ1) is 25.2. The molecular weight excluding hydrogens is 840 g/mol. The Bertz CT molecular complexity index is 2680. The Morgan fingerprint density at radius 3 is 2.06 bits per heavy atom. The van der Waals surface area contributed by atoms with Gasteiger partial charge in [0.25, 0.3) is 0 Å². The van der Waals surface area contributed by atoms with Crippen LogP contribution in [0.1, 0.15) is 0 Å². The maximum absolute atomic E-state index is 7.99. The maximum atomic E-state index is 7.99. The number of nitrogens with zero attached hydrogens (tertiary/aromatic N) is 6. The molecule has 0 aliphatic carbocycles. The Hall–Kier alpha value is -6.06. The molecule has 0 radical (unpaired) electrons. The molecule has 0 unspecified atom stereocenters. The zero-order chi connectivity index (χ0) is 34.1. The van der Waals surface area contributed by atoms with E-state index in [0.717, 1.165) is 65.4 Å². The number of hydrogen-bond acceptors (Lipinski definition) is 4. The molecule has 0 atom stereocenters. The van der Waals surface area contributed by atoms with Crippen molar-refractivity contribution in [2.45, 2.75) is 9.79 Å². The average Bonchev–Trinajstić information content (AvgIpc) is 3.81. The molecule has 6 nitrogen and oxygen atoms in total. The fourth-order valence-electron chi connectivity index (χ4n) is 6.61. The van der Waals surface area contributed by atoms with Gasteiger partial charge < -0.3 is 4.57 Å². The summed E-state index contributed by atoms with van der Waals surface area (Å²) in [5.74, 6) is 1.42. The molecule has 3 heterocycles. The molecule has 0 saturated heterocycles. The van der Waals surface area contributed by atoms with E-state index in [1.54, 1.807) is 12.5 Å². The number of fused-ring (bicyclic) bond motifs is 3. The Morgan fingerprint density at radius 2 is 1.35 bits per heavy atom. The number of hydrogen-bond donors (Lipinski definition) is 0. The molecule has 3 aromatic heterocycles. The third-order valence-corrected chi connectivity index (χ3v) is 9.72. The fraction of sp³-hybridized carbons (Fsp3) is 0. The third-order valence-electron chi connectivity index (χ3n) is 8.82. The molecule has 0 aliphatic rings. The van der Waals surface area contributed by atoms with Crippen molar-refractivity contribution in [3.8, 4) is 45.1 Å². The largest absolute Gasteiger partial charge is 2.00 e. The molecule has 0 bridgehead atoms. The van der Waals surface area contributed by atoms with Crippen molar-refractivity contribution in [1.82, 2.24) is 24.3 Å². The minimum atomic E-state index is 0.